The molecule has 0 aromatic rings. The number of fused-ring (bicyclic) bond motifs is 1. The quantitative estimate of drug-likeness (QED) is 0.846. The molecule has 2 saturated heterocycles. The third-order valence-electron chi connectivity index (χ3n) is 5.11. The van der Waals surface area contributed by atoms with Crippen LogP contribution in [-0.4, -0.2) is 47.0 Å². The highest BCUT2D eigenvalue weighted by molar-refractivity contribution is 8.00. The van der Waals surface area contributed by atoms with Crippen LogP contribution in [0.1, 0.15) is 44.9 Å². The standard InChI is InChI=1S/C14H24N2OS/c1-18-14(6-4-7-14)10-15-11-9-13(17)16-8-3-2-5-12(11)16/h11-12,15H,2-10H2,1H3. The maximum Gasteiger partial charge on any atom is 0.224 e. The summed E-state index contributed by atoms with van der Waals surface area (Å²) in [5.74, 6) is 0.379. The first kappa shape index (κ1) is 12.8. The summed E-state index contributed by atoms with van der Waals surface area (Å²) in [4.78, 5) is 14.1. The third kappa shape index (κ3) is 2.18. The van der Waals surface area contributed by atoms with Crippen molar-refractivity contribution in [3.05, 3.63) is 0 Å². The predicted molar refractivity (Wildman–Crippen MR) is 75.9 cm³/mol. The number of piperidine rings is 1. The lowest BCUT2D eigenvalue weighted by atomic mass is 9.83. The molecule has 2 heterocycles. The third-order valence-corrected chi connectivity index (χ3v) is 6.53. The fraction of sp³-hybridized carbons (Fsp3) is 0.929. The van der Waals surface area contributed by atoms with Crippen LogP contribution in [0.15, 0.2) is 0 Å². The lowest BCUT2D eigenvalue weighted by molar-refractivity contribution is -0.129. The van der Waals surface area contributed by atoms with Gasteiger partial charge in [0.1, 0.15) is 0 Å². The van der Waals surface area contributed by atoms with Gasteiger partial charge >= 0.3 is 0 Å². The van der Waals surface area contributed by atoms with E-state index in [-0.39, 0.29) is 0 Å². The highest BCUT2D eigenvalue weighted by Gasteiger charge is 2.42. The molecule has 1 aliphatic carbocycles. The second kappa shape index (κ2) is 5.04. The normalized spacial score (nSPS) is 34.3. The summed E-state index contributed by atoms with van der Waals surface area (Å²) in [5, 5.41) is 3.72. The summed E-state index contributed by atoms with van der Waals surface area (Å²) >= 11 is 2.01. The van der Waals surface area contributed by atoms with Gasteiger partial charge in [0.2, 0.25) is 5.91 Å². The van der Waals surface area contributed by atoms with E-state index in [0.717, 1.165) is 19.5 Å². The molecule has 0 aromatic carbocycles. The van der Waals surface area contributed by atoms with E-state index in [1.54, 1.807) is 0 Å². The topological polar surface area (TPSA) is 32.3 Å². The second-order valence-electron chi connectivity index (χ2n) is 6.08. The Kier molecular flexibility index (Phi) is 3.59. The minimum Gasteiger partial charge on any atom is -0.338 e. The van der Waals surface area contributed by atoms with Gasteiger partial charge in [0, 0.05) is 36.3 Å². The number of carbonyl (C=O) groups excluding carboxylic acids is 1. The van der Waals surface area contributed by atoms with Crippen LogP contribution < -0.4 is 5.32 Å². The average molecular weight is 268 g/mol. The molecule has 0 aromatic heterocycles. The van der Waals surface area contributed by atoms with E-state index in [1.807, 2.05) is 11.8 Å². The molecule has 1 N–H and O–H groups in total. The monoisotopic (exact) mass is 268 g/mol. The first-order valence-electron chi connectivity index (χ1n) is 7.32. The Morgan fingerprint density at radius 3 is 2.89 bits per heavy atom. The van der Waals surface area contributed by atoms with Crippen LogP contribution in [0.4, 0.5) is 0 Å². The molecule has 102 valence electrons. The molecule has 3 nitrogen and oxygen atoms in total. The largest absolute Gasteiger partial charge is 0.338 e. The smallest absolute Gasteiger partial charge is 0.224 e. The fourth-order valence-electron chi connectivity index (χ4n) is 3.68. The van der Waals surface area contributed by atoms with Gasteiger partial charge in [-0.3, -0.25) is 4.79 Å². The SMILES string of the molecule is CSC1(CNC2CC(=O)N3CCCCC23)CCC1. The van der Waals surface area contributed by atoms with E-state index in [4.69, 9.17) is 0 Å². The molecular formula is C14H24N2OS. The van der Waals surface area contributed by atoms with E-state index in [2.05, 4.69) is 16.5 Å². The Labute approximate surface area is 114 Å². The number of rotatable bonds is 4. The van der Waals surface area contributed by atoms with Gasteiger partial charge in [0.05, 0.1) is 0 Å². The van der Waals surface area contributed by atoms with E-state index in [0.29, 0.717) is 22.7 Å². The van der Waals surface area contributed by atoms with E-state index in [9.17, 15) is 4.79 Å². The van der Waals surface area contributed by atoms with Crippen LogP contribution in [-0.2, 0) is 4.79 Å². The second-order valence-corrected chi connectivity index (χ2v) is 7.36. The van der Waals surface area contributed by atoms with Gasteiger partial charge in [0.15, 0.2) is 0 Å². The van der Waals surface area contributed by atoms with Crippen molar-refractivity contribution in [2.75, 3.05) is 19.3 Å². The fourth-order valence-corrected chi connectivity index (χ4v) is 4.60. The zero-order valence-corrected chi connectivity index (χ0v) is 12.1. The Morgan fingerprint density at radius 2 is 2.22 bits per heavy atom. The summed E-state index contributed by atoms with van der Waals surface area (Å²) in [6.45, 7) is 2.09. The number of amides is 1. The molecule has 1 saturated carbocycles. The summed E-state index contributed by atoms with van der Waals surface area (Å²) in [6, 6.07) is 0.910. The molecule has 3 aliphatic rings. The molecule has 2 aliphatic heterocycles. The van der Waals surface area contributed by atoms with Gasteiger partial charge < -0.3 is 10.2 Å². The van der Waals surface area contributed by atoms with Crippen molar-refractivity contribution in [3.63, 3.8) is 0 Å². The molecule has 0 bridgehead atoms. The van der Waals surface area contributed by atoms with Crippen LogP contribution in [0.5, 0.6) is 0 Å². The average Bonchev–Trinajstić information content (AvgIpc) is 2.67. The molecule has 0 spiro atoms. The van der Waals surface area contributed by atoms with Gasteiger partial charge in [-0.2, -0.15) is 11.8 Å². The van der Waals surface area contributed by atoms with Crippen molar-refractivity contribution >= 4 is 17.7 Å². The highest BCUT2D eigenvalue weighted by atomic mass is 32.2. The number of hydrogen-bond acceptors (Lipinski definition) is 3. The lowest BCUT2D eigenvalue weighted by Gasteiger charge is -2.42. The summed E-state index contributed by atoms with van der Waals surface area (Å²) in [7, 11) is 0. The van der Waals surface area contributed by atoms with Gasteiger partial charge in [-0.25, -0.2) is 0 Å². The number of thioether (sulfide) groups is 1. The molecule has 2 unspecified atom stereocenters. The van der Waals surface area contributed by atoms with Gasteiger partial charge in [0.25, 0.3) is 0 Å². The summed E-state index contributed by atoms with van der Waals surface area (Å²) < 4.78 is 0.477. The molecule has 1 amide bonds. The van der Waals surface area contributed by atoms with Crippen molar-refractivity contribution in [2.45, 2.75) is 61.8 Å². The number of nitrogens with one attached hydrogen (secondary N) is 1. The molecule has 4 heteroatoms. The molecule has 3 rings (SSSR count). The Morgan fingerprint density at radius 1 is 1.39 bits per heavy atom. The van der Waals surface area contributed by atoms with E-state index >= 15 is 0 Å². The van der Waals surface area contributed by atoms with Crippen molar-refractivity contribution in [1.29, 1.82) is 0 Å². The Balaban J connectivity index is 1.58. The van der Waals surface area contributed by atoms with Crippen LogP contribution in [0.3, 0.4) is 0 Å². The van der Waals surface area contributed by atoms with E-state index < -0.39 is 0 Å². The highest BCUT2D eigenvalue weighted by Crippen LogP contribution is 2.42. The van der Waals surface area contributed by atoms with Crippen molar-refractivity contribution in [3.8, 4) is 0 Å². The Hall–Kier alpha value is -0.220. The zero-order valence-electron chi connectivity index (χ0n) is 11.3. The molecule has 18 heavy (non-hydrogen) atoms. The molecule has 2 atom stereocenters. The maximum atomic E-state index is 12.0. The molecule has 3 fully saturated rings. The zero-order chi connectivity index (χ0) is 12.6. The van der Waals surface area contributed by atoms with Gasteiger partial charge in [-0.15, -0.1) is 0 Å². The van der Waals surface area contributed by atoms with Crippen molar-refractivity contribution in [2.24, 2.45) is 0 Å². The van der Waals surface area contributed by atoms with Crippen LogP contribution in [0.25, 0.3) is 0 Å². The minimum atomic E-state index is 0.379. The number of carbonyl (C=O) groups is 1. The first-order chi connectivity index (χ1) is 8.74. The van der Waals surface area contributed by atoms with Crippen LogP contribution in [0, 0.1) is 0 Å². The number of hydrogen-bond donors (Lipinski definition) is 1. The van der Waals surface area contributed by atoms with Crippen molar-refractivity contribution in [1.82, 2.24) is 10.2 Å². The maximum absolute atomic E-state index is 12.0. The summed E-state index contributed by atoms with van der Waals surface area (Å²) in [5.41, 5.74) is 0. The number of nitrogens with zero attached hydrogens (tertiary/aromatic N) is 1. The minimum absolute atomic E-state index is 0.379. The van der Waals surface area contributed by atoms with Crippen LogP contribution in [0.2, 0.25) is 0 Å². The molecular weight excluding hydrogens is 244 g/mol. The predicted octanol–water partition coefficient (Wildman–Crippen LogP) is 2.02. The van der Waals surface area contributed by atoms with Crippen LogP contribution >= 0.6 is 11.8 Å². The van der Waals surface area contributed by atoms with Crippen molar-refractivity contribution < 1.29 is 4.79 Å². The summed E-state index contributed by atoms with van der Waals surface area (Å²) in [6.07, 6.45) is 10.7. The molecule has 0 radical (unpaired) electrons. The van der Waals surface area contributed by atoms with Gasteiger partial charge in [-0.05, 0) is 38.4 Å². The lowest BCUT2D eigenvalue weighted by Crippen LogP contribution is -2.51. The van der Waals surface area contributed by atoms with E-state index in [1.165, 1.54) is 38.5 Å². The first-order valence-corrected chi connectivity index (χ1v) is 8.55. The van der Waals surface area contributed by atoms with Gasteiger partial charge in [-0.1, -0.05) is 6.42 Å². The Bertz CT molecular complexity index is 324.